The highest BCUT2D eigenvalue weighted by atomic mass is 16.1. The summed E-state index contributed by atoms with van der Waals surface area (Å²) in [5, 5.41) is 0. The van der Waals surface area contributed by atoms with Crippen LogP contribution < -0.4 is 4.57 Å². The van der Waals surface area contributed by atoms with Gasteiger partial charge in [-0.25, -0.2) is 0 Å². The Labute approximate surface area is 159 Å². The highest BCUT2D eigenvalue weighted by molar-refractivity contribution is 5.95. The first-order valence-electron chi connectivity index (χ1n) is 9.03. The number of ketones is 1. The van der Waals surface area contributed by atoms with Crippen molar-refractivity contribution in [3.8, 4) is 22.3 Å². The zero-order valence-electron chi connectivity index (χ0n) is 15.0. The molecule has 0 aliphatic heterocycles. The predicted octanol–water partition coefficient (Wildman–Crippen LogP) is 5.19. The lowest BCUT2D eigenvalue weighted by Gasteiger charge is -2.04. The second-order valence-corrected chi connectivity index (χ2v) is 6.50. The lowest BCUT2D eigenvalue weighted by atomic mass is 10.0. The molecular formula is C25H20NO+. The molecular weight excluding hydrogens is 330 g/mol. The molecule has 130 valence electrons. The van der Waals surface area contributed by atoms with E-state index in [1.807, 2.05) is 83.7 Å². The normalized spacial score (nSPS) is 10.5. The van der Waals surface area contributed by atoms with Crippen molar-refractivity contribution in [2.24, 2.45) is 0 Å². The number of hydrogen-bond donors (Lipinski definition) is 0. The topological polar surface area (TPSA) is 20.9 Å². The maximum atomic E-state index is 12.7. The molecule has 2 heteroatoms. The average Bonchev–Trinajstić information content (AvgIpc) is 2.75. The number of carbonyl (C=O) groups excluding carboxylic acids is 1. The lowest BCUT2D eigenvalue weighted by Crippen LogP contribution is -2.37. The molecule has 1 aromatic heterocycles. The van der Waals surface area contributed by atoms with E-state index in [1.54, 1.807) is 0 Å². The molecule has 0 atom stereocenters. The van der Waals surface area contributed by atoms with Crippen LogP contribution in [0.1, 0.15) is 10.4 Å². The van der Waals surface area contributed by atoms with Gasteiger partial charge in [0.25, 0.3) is 0 Å². The van der Waals surface area contributed by atoms with Gasteiger partial charge in [0.15, 0.2) is 12.4 Å². The maximum absolute atomic E-state index is 12.7. The Hall–Kier alpha value is -3.52. The minimum atomic E-state index is 0.102. The van der Waals surface area contributed by atoms with Gasteiger partial charge in [0, 0.05) is 17.2 Å². The van der Waals surface area contributed by atoms with E-state index in [-0.39, 0.29) is 5.78 Å². The second-order valence-electron chi connectivity index (χ2n) is 6.50. The summed E-state index contributed by atoms with van der Waals surface area (Å²) in [6, 6.07) is 32.2. The highest BCUT2D eigenvalue weighted by Crippen LogP contribution is 2.19. The van der Waals surface area contributed by atoms with Gasteiger partial charge in [-0.3, -0.25) is 4.79 Å². The Morgan fingerprint density at radius 2 is 1.11 bits per heavy atom. The van der Waals surface area contributed by atoms with Crippen LogP contribution in [0.5, 0.6) is 0 Å². The van der Waals surface area contributed by atoms with Crippen molar-refractivity contribution in [1.29, 1.82) is 0 Å². The van der Waals surface area contributed by atoms with Gasteiger partial charge >= 0.3 is 0 Å². The number of benzene rings is 3. The summed E-state index contributed by atoms with van der Waals surface area (Å²) in [7, 11) is 0. The Bertz CT molecular complexity index is 1040. The van der Waals surface area contributed by atoms with Gasteiger partial charge in [0.1, 0.15) is 0 Å². The van der Waals surface area contributed by atoms with E-state index < -0.39 is 0 Å². The molecule has 27 heavy (non-hydrogen) atoms. The Kier molecular flexibility index (Phi) is 4.88. The van der Waals surface area contributed by atoms with Crippen molar-refractivity contribution in [3.63, 3.8) is 0 Å². The molecule has 0 saturated heterocycles. The fourth-order valence-electron chi connectivity index (χ4n) is 3.16. The SMILES string of the molecule is O=C(C[n+]1cccc(-c2ccccc2)c1)c1ccc(-c2ccccc2)cc1. The standard InChI is InChI=1S/C25H20NO/c27-25(23-15-13-22(14-16-23)20-8-3-1-4-9-20)19-26-17-7-12-24(18-26)21-10-5-2-6-11-21/h1-18H,19H2/q+1. The number of carbonyl (C=O) groups is 1. The van der Waals surface area contributed by atoms with E-state index in [4.69, 9.17) is 0 Å². The Morgan fingerprint density at radius 1 is 0.593 bits per heavy atom. The van der Waals surface area contributed by atoms with Crippen molar-refractivity contribution in [1.82, 2.24) is 0 Å². The zero-order chi connectivity index (χ0) is 18.5. The van der Waals surface area contributed by atoms with Gasteiger partial charge in [0.2, 0.25) is 12.3 Å². The minimum Gasteiger partial charge on any atom is -0.287 e. The molecule has 0 radical (unpaired) electrons. The zero-order valence-corrected chi connectivity index (χ0v) is 15.0. The average molecular weight is 350 g/mol. The van der Waals surface area contributed by atoms with Crippen LogP contribution >= 0.6 is 0 Å². The number of rotatable bonds is 5. The third-order valence-electron chi connectivity index (χ3n) is 4.61. The van der Waals surface area contributed by atoms with E-state index in [9.17, 15) is 4.79 Å². The highest BCUT2D eigenvalue weighted by Gasteiger charge is 2.13. The first-order chi connectivity index (χ1) is 13.3. The summed E-state index contributed by atoms with van der Waals surface area (Å²) in [5.41, 5.74) is 5.25. The fourth-order valence-corrected chi connectivity index (χ4v) is 3.16. The summed E-state index contributed by atoms with van der Waals surface area (Å²) >= 11 is 0. The van der Waals surface area contributed by atoms with Crippen molar-refractivity contribution in [2.45, 2.75) is 6.54 Å². The third-order valence-corrected chi connectivity index (χ3v) is 4.61. The number of aromatic nitrogens is 1. The molecule has 0 aliphatic rings. The molecule has 4 aromatic rings. The van der Waals surface area contributed by atoms with E-state index in [0.717, 1.165) is 27.8 Å². The molecule has 0 N–H and O–H groups in total. The van der Waals surface area contributed by atoms with Crippen LogP contribution in [0.25, 0.3) is 22.3 Å². The van der Waals surface area contributed by atoms with Gasteiger partial charge in [0.05, 0.1) is 0 Å². The summed E-state index contributed by atoms with van der Waals surface area (Å²) in [5.74, 6) is 0.102. The quantitative estimate of drug-likeness (QED) is 0.358. The molecule has 4 rings (SSSR count). The Balaban J connectivity index is 1.51. The van der Waals surface area contributed by atoms with Gasteiger partial charge < -0.3 is 0 Å². The van der Waals surface area contributed by atoms with Crippen LogP contribution in [0, 0.1) is 0 Å². The molecule has 0 aliphatic carbocycles. The largest absolute Gasteiger partial charge is 0.287 e. The van der Waals surface area contributed by atoms with Crippen molar-refractivity contribution >= 4 is 5.78 Å². The molecule has 0 fully saturated rings. The van der Waals surface area contributed by atoms with Gasteiger partial charge in [-0.05, 0) is 22.8 Å². The molecule has 0 amide bonds. The molecule has 3 aromatic carbocycles. The van der Waals surface area contributed by atoms with Crippen LogP contribution in [0.4, 0.5) is 0 Å². The summed E-state index contributed by atoms with van der Waals surface area (Å²) in [6.07, 6.45) is 3.95. The van der Waals surface area contributed by atoms with Crippen LogP contribution in [0.3, 0.4) is 0 Å². The van der Waals surface area contributed by atoms with Crippen LogP contribution in [0.15, 0.2) is 109 Å². The Morgan fingerprint density at radius 3 is 1.74 bits per heavy atom. The van der Waals surface area contributed by atoms with Crippen molar-refractivity contribution in [3.05, 3.63) is 115 Å². The van der Waals surface area contributed by atoms with Gasteiger partial charge in [-0.15, -0.1) is 0 Å². The molecule has 1 heterocycles. The number of pyridine rings is 1. The summed E-state index contributed by atoms with van der Waals surface area (Å²) in [6.45, 7) is 0.325. The monoisotopic (exact) mass is 350 g/mol. The van der Waals surface area contributed by atoms with Crippen molar-refractivity contribution in [2.75, 3.05) is 0 Å². The van der Waals surface area contributed by atoms with E-state index in [0.29, 0.717) is 6.54 Å². The molecule has 2 nitrogen and oxygen atoms in total. The first kappa shape index (κ1) is 16.9. The lowest BCUT2D eigenvalue weighted by molar-refractivity contribution is -0.682. The molecule has 0 saturated carbocycles. The fraction of sp³-hybridized carbons (Fsp3) is 0.0400. The number of Topliss-reactive ketones (excluding diaryl/α,β-unsaturated/α-hetero) is 1. The maximum Gasteiger partial charge on any atom is 0.227 e. The first-order valence-corrected chi connectivity index (χ1v) is 9.03. The van der Waals surface area contributed by atoms with Gasteiger partial charge in [-0.1, -0.05) is 84.9 Å². The van der Waals surface area contributed by atoms with Crippen LogP contribution in [0.2, 0.25) is 0 Å². The smallest absolute Gasteiger partial charge is 0.227 e. The van der Waals surface area contributed by atoms with E-state index in [2.05, 4.69) is 30.3 Å². The third kappa shape index (κ3) is 4.01. The van der Waals surface area contributed by atoms with Crippen molar-refractivity contribution < 1.29 is 9.36 Å². The number of nitrogens with zero attached hydrogens (tertiary/aromatic N) is 1. The van der Waals surface area contributed by atoms with Gasteiger partial charge in [-0.2, -0.15) is 4.57 Å². The van der Waals surface area contributed by atoms with Crippen LogP contribution in [-0.4, -0.2) is 5.78 Å². The summed E-state index contributed by atoms with van der Waals surface area (Å²) < 4.78 is 1.94. The minimum absolute atomic E-state index is 0.102. The predicted molar refractivity (Wildman–Crippen MR) is 108 cm³/mol. The van der Waals surface area contributed by atoms with Crippen LogP contribution in [-0.2, 0) is 6.54 Å². The second kappa shape index (κ2) is 7.79. The molecule has 0 bridgehead atoms. The number of hydrogen-bond acceptors (Lipinski definition) is 1. The van der Waals surface area contributed by atoms with E-state index in [1.165, 1.54) is 0 Å². The van der Waals surface area contributed by atoms with E-state index >= 15 is 0 Å². The summed E-state index contributed by atoms with van der Waals surface area (Å²) in [4.78, 5) is 12.7. The molecule has 0 unspecified atom stereocenters. The molecule has 0 spiro atoms.